The Kier molecular flexibility index (Phi) is 6.55. The van der Waals surface area contributed by atoms with Gasteiger partial charge in [-0.15, -0.1) is 0 Å². The molecule has 7 heteroatoms. The minimum Gasteiger partial charge on any atom is -0.325 e. The van der Waals surface area contributed by atoms with E-state index in [2.05, 4.69) is 17.6 Å². The maximum atomic E-state index is 12.6. The minimum atomic E-state index is -3.42. The fourth-order valence-electron chi connectivity index (χ4n) is 4.00. The topological polar surface area (TPSA) is 78.5 Å². The molecule has 6 nitrogen and oxygen atoms in total. The van der Waals surface area contributed by atoms with E-state index in [9.17, 15) is 13.2 Å². The van der Waals surface area contributed by atoms with Gasteiger partial charge in [0.15, 0.2) is 0 Å². The Balaban J connectivity index is 1.58. The standard InChI is InChI=1S/C20H31N3O3S/c1-15-7-3-4-8-19(15)21-16(2)20(24)22-17-9-11-18(12-10-17)27(25,26)23-13-5-6-14-23/h9-12,15-16,19,21H,3-8,13-14H2,1-2H3,(H,22,24)/t15-,16-,19-/m0/s1. The Morgan fingerprint density at radius 2 is 1.70 bits per heavy atom. The monoisotopic (exact) mass is 393 g/mol. The summed E-state index contributed by atoms with van der Waals surface area (Å²) in [6, 6.07) is 6.57. The van der Waals surface area contributed by atoms with Crippen LogP contribution in [0.3, 0.4) is 0 Å². The van der Waals surface area contributed by atoms with Crippen LogP contribution in [0.25, 0.3) is 0 Å². The molecule has 2 aliphatic rings. The van der Waals surface area contributed by atoms with E-state index in [0.29, 0.717) is 30.7 Å². The summed E-state index contributed by atoms with van der Waals surface area (Å²) in [6.07, 6.45) is 6.63. The van der Waals surface area contributed by atoms with Crippen molar-refractivity contribution in [2.24, 2.45) is 5.92 Å². The molecular formula is C20H31N3O3S. The maximum absolute atomic E-state index is 12.6. The van der Waals surface area contributed by atoms with Crippen LogP contribution in [0.5, 0.6) is 0 Å². The molecule has 2 N–H and O–H groups in total. The molecule has 1 heterocycles. The van der Waals surface area contributed by atoms with Gasteiger partial charge in [0.05, 0.1) is 10.9 Å². The van der Waals surface area contributed by atoms with Crippen LogP contribution in [0.1, 0.15) is 52.4 Å². The van der Waals surface area contributed by atoms with Gasteiger partial charge >= 0.3 is 0 Å². The third kappa shape index (κ3) is 4.89. The molecule has 0 spiro atoms. The van der Waals surface area contributed by atoms with Gasteiger partial charge in [-0.25, -0.2) is 8.42 Å². The van der Waals surface area contributed by atoms with E-state index in [4.69, 9.17) is 0 Å². The van der Waals surface area contributed by atoms with Gasteiger partial charge in [0.1, 0.15) is 0 Å². The summed E-state index contributed by atoms with van der Waals surface area (Å²) in [6.45, 7) is 5.29. The lowest BCUT2D eigenvalue weighted by molar-refractivity contribution is -0.118. The lowest BCUT2D eigenvalue weighted by Gasteiger charge is -2.31. The molecule has 1 aliphatic carbocycles. The van der Waals surface area contributed by atoms with Crippen LogP contribution in [0.15, 0.2) is 29.2 Å². The van der Waals surface area contributed by atoms with Crippen molar-refractivity contribution in [1.29, 1.82) is 0 Å². The summed E-state index contributed by atoms with van der Waals surface area (Å²) < 4.78 is 26.6. The predicted octanol–water partition coefficient (Wildman–Crippen LogP) is 2.97. The second kappa shape index (κ2) is 8.71. The second-order valence-electron chi connectivity index (χ2n) is 7.88. The Bertz CT molecular complexity index is 742. The smallest absolute Gasteiger partial charge is 0.243 e. The number of benzene rings is 1. The molecule has 27 heavy (non-hydrogen) atoms. The summed E-state index contributed by atoms with van der Waals surface area (Å²) >= 11 is 0. The predicted molar refractivity (Wildman–Crippen MR) is 107 cm³/mol. The van der Waals surface area contributed by atoms with Crippen molar-refractivity contribution in [3.8, 4) is 0 Å². The minimum absolute atomic E-state index is 0.0945. The first-order chi connectivity index (χ1) is 12.9. The third-order valence-corrected chi connectivity index (χ3v) is 7.71. The zero-order valence-corrected chi connectivity index (χ0v) is 17.1. The van der Waals surface area contributed by atoms with E-state index in [0.717, 1.165) is 19.3 Å². The van der Waals surface area contributed by atoms with Gasteiger partial charge in [-0.3, -0.25) is 4.79 Å². The highest BCUT2D eigenvalue weighted by molar-refractivity contribution is 7.89. The number of hydrogen-bond donors (Lipinski definition) is 2. The van der Waals surface area contributed by atoms with Crippen molar-refractivity contribution in [1.82, 2.24) is 9.62 Å². The highest BCUT2D eigenvalue weighted by Crippen LogP contribution is 2.25. The van der Waals surface area contributed by atoms with E-state index < -0.39 is 10.0 Å². The van der Waals surface area contributed by atoms with Crippen molar-refractivity contribution >= 4 is 21.6 Å². The summed E-state index contributed by atoms with van der Waals surface area (Å²) in [4.78, 5) is 12.8. The largest absolute Gasteiger partial charge is 0.325 e. The SMILES string of the molecule is C[C@H](N[C@H]1CCCC[C@@H]1C)C(=O)Nc1ccc(S(=O)(=O)N2CCCC2)cc1. The lowest BCUT2D eigenvalue weighted by Crippen LogP contribution is -2.47. The first kappa shape index (κ1) is 20.3. The average Bonchev–Trinajstić information content (AvgIpc) is 3.19. The Hall–Kier alpha value is -1.44. The molecule has 0 radical (unpaired) electrons. The van der Waals surface area contributed by atoms with Crippen molar-refractivity contribution in [3.63, 3.8) is 0 Å². The Labute approximate surface area is 162 Å². The quantitative estimate of drug-likeness (QED) is 0.779. The highest BCUT2D eigenvalue weighted by atomic mass is 32.2. The van der Waals surface area contributed by atoms with Crippen LogP contribution in [0.2, 0.25) is 0 Å². The number of nitrogens with one attached hydrogen (secondary N) is 2. The molecule has 1 aliphatic heterocycles. The van der Waals surface area contributed by atoms with Gasteiger partial charge in [-0.2, -0.15) is 4.31 Å². The fraction of sp³-hybridized carbons (Fsp3) is 0.650. The number of rotatable bonds is 6. The Morgan fingerprint density at radius 1 is 1.07 bits per heavy atom. The van der Waals surface area contributed by atoms with E-state index in [1.807, 2.05) is 6.92 Å². The lowest BCUT2D eigenvalue weighted by atomic mass is 9.85. The van der Waals surface area contributed by atoms with Crippen LogP contribution in [-0.4, -0.2) is 43.8 Å². The number of nitrogens with zero attached hydrogens (tertiary/aromatic N) is 1. The van der Waals surface area contributed by atoms with Crippen molar-refractivity contribution in [3.05, 3.63) is 24.3 Å². The van der Waals surface area contributed by atoms with Crippen molar-refractivity contribution in [2.45, 2.75) is 69.4 Å². The Morgan fingerprint density at radius 3 is 2.33 bits per heavy atom. The molecule has 3 atom stereocenters. The molecule has 1 aromatic rings. The zero-order valence-electron chi connectivity index (χ0n) is 16.3. The highest BCUT2D eigenvalue weighted by Gasteiger charge is 2.27. The summed E-state index contributed by atoms with van der Waals surface area (Å²) in [7, 11) is -3.42. The van der Waals surface area contributed by atoms with Crippen LogP contribution >= 0.6 is 0 Å². The van der Waals surface area contributed by atoms with E-state index in [1.165, 1.54) is 23.6 Å². The van der Waals surface area contributed by atoms with Gasteiger partial charge in [0, 0.05) is 24.8 Å². The van der Waals surface area contributed by atoms with Crippen molar-refractivity contribution < 1.29 is 13.2 Å². The van der Waals surface area contributed by atoms with Gasteiger partial charge in [-0.05, 0) is 62.8 Å². The maximum Gasteiger partial charge on any atom is 0.243 e. The van der Waals surface area contributed by atoms with Gasteiger partial charge < -0.3 is 10.6 Å². The van der Waals surface area contributed by atoms with Crippen LogP contribution in [-0.2, 0) is 14.8 Å². The molecule has 1 amide bonds. The molecular weight excluding hydrogens is 362 g/mol. The molecule has 1 saturated carbocycles. The summed E-state index contributed by atoms with van der Waals surface area (Å²) in [5.41, 5.74) is 0.616. The number of carbonyl (C=O) groups is 1. The molecule has 1 saturated heterocycles. The molecule has 0 unspecified atom stereocenters. The molecule has 150 valence electrons. The summed E-state index contributed by atoms with van der Waals surface area (Å²) in [5.74, 6) is 0.493. The normalized spacial score (nSPS) is 25.3. The number of amides is 1. The molecule has 3 rings (SSSR count). The average molecular weight is 394 g/mol. The van der Waals surface area contributed by atoms with E-state index in [1.54, 1.807) is 24.3 Å². The van der Waals surface area contributed by atoms with E-state index in [-0.39, 0.29) is 16.8 Å². The van der Waals surface area contributed by atoms with Crippen molar-refractivity contribution in [2.75, 3.05) is 18.4 Å². The number of anilines is 1. The number of hydrogen-bond acceptors (Lipinski definition) is 4. The molecule has 0 aromatic heterocycles. The van der Waals surface area contributed by atoms with Gasteiger partial charge in [0.2, 0.25) is 15.9 Å². The third-order valence-electron chi connectivity index (χ3n) is 5.79. The van der Waals surface area contributed by atoms with Crippen LogP contribution in [0.4, 0.5) is 5.69 Å². The summed E-state index contributed by atoms with van der Waals surface area (Å²) in [5, 5.41) is 6.33. The van der Waals surface area contributed by atoms with Gasteiger partial charge in [0.25, 0.3) is 0 Å². The van der Waals surface area contributed by atoms with E-state index >= 15 is 0 Å². The molecule has 1 aromatic carbocycles. The molecule has 2 fully saturated rings. The zero-order chi connectivity index (χ0) is 19.4. The first-order valence-corrected chi connectivity index (χ1v) is 11.5. The van der Waals surface area contributed by atoms with Gasteiger partial charge in [-0.1, -0.05) is 19.8 Å². The van der Waals surface area contributed by atoms with Crippen LogP contribution in [0, 0.1) is 5.92 Å². The second-order valence-corrected chi connectivity index (χ2v) is 9.82. The fourth-order valence-corrected chi connectivity index (χ4v) is 5.52. The number of carbonyl (C=O) groups excluding carboxylic acids is 1. The molecule has 0 bridgehead atoms. The first-order valence-electron chi connectivity index (χ1n) is 10.0. The van der Waals surface area contributed by atoms with Crippen LogP contribution < -0.4 is 10.6 Å². The number of sulfonamides is 1.